The summed E-state index contributed by atoms with van der Waals surface area (Å²) in [5.41, 5.74) is 8.08. The quantitative estimate of drug-likeness (QED) is 0.904. The molecule has 1 aliphatic rings. The maximum absolute atomic E-state index is 14.5. The zero-order valence-corrected chi connectivity index (χ0v) is 14.1. The van der Waals surface area contributed by atoms with Crippen LogP contribution in [0.5, 0.6) is 0 Å². The summed E-state index contributed by atoms with van der Waals surface area (Å²) in [6, 6.07) is 6.47. The normalized spacial score (nSPS) is 20.3. The minimum absolute atomic E-state index is 0.0845. The minimum atomic E-state index is -0.462. The molecule has 2 unspecified atom stereocenters. The first-order valence-corrected chi connectivity index (χ1v) is 8.33. The third-order valence-electron chi connectivity index (χ3n) is 4.73. The van der Waals surface area contributed by atoms with Crippen LogP contribution in [-0.2, 0) is 0 Å². The lowest BCUT2D eigenvalue weighted by atomic mass is 10.0. The lowest BCUT2D eigenvalue weighted by Crippen LogP contribution is -2.39. The lowest BCUT2D eigenvalue weighted by Gasteiger charge is -2.19. The summed E-state index contributed by atoms with van der Waals surface area (Å²) in [5.74, 6) is -0.400. The van der Waals surface area contributed by atoms with E-state index in [9.17, 15) is 9.18 Å². The Bertz CT molecular complexity index is 755. The monoisotopic (exact) mass is 330 g/mol. The van der Waals surface area contributed by atoms with Crippen molar-refractivity contribution in [2.75, 3.05) is 6.54 Å². The standard InChI is InChI=1S/C18H23FN4O/c1-11-8-12(2)23(22-11)17-7-6-13(9-15(17)19)18(24)21-16-5-3-4-14(16)10-20/h6-9,14,16H,3-5,10,20H2,1-2H3,(H,21,24). The maximum atomic E-state index is 14.5. The topological polar surface area (TPSA) is 72.9 Å². The number of aryl methyl sites for hydroxylation is 2. The summed E-state index contributed by atoms with van der Waals surface area (Å²) >= 11 is 0. The number of halogens is 1. The number of nitrogens with zero attached hydrogens (tertiary/aromatic N) is 2. The van der Waals surface area contributed by atoms with Gasteiger partial charge >= 0.3 is 0 Å². The van der Waals surface area contributed by atoms with Crippen LogP contribution in [0.1, 0.15) is 41.0 Å². The van der Waals surface area contributed by atoms with E-state index in [4.69, 9.17) is 5.73 Å². The van der Waals surface area contributed by atoms with Gasteiger partial charge in [-0.2, -0.15) is 5.10 Å². The molecule has 0 radical (unpaired) electrons. The molecule has 2 atom stereocenters. The summed E-state index contributed by atoms with van der Waals surface area (Å²) in [7, 11) is 0. The Balaban J connectivity index is 1.79. The van der Waals surface area contributed by atoms with Crippen molar-refractivity contribution < 1.29 is 9.18 Å². The highest BCUT2D eigenvalue weighted by Crippen LogP contribution is 2.25. The number of amides is 1. The number of hydrogen-bond acceptors (Lipinski definition) is 3. The maximum Gasteiger partial charge on any atom is 0.251 e. The Morgan fingerprint density at radius 2 is 2.17 bits per heavy atom. The van der Waals surface area contributed by atoms with E-state index < -0.39 is 5.82 Å². The molecule has 0 saturated heterocycles. The molecular weight excluding hydrogens is 307 g/mol. The van der Waals surface area contributed by atoms with Crippen LogP contribution in [0.25, 0.3) is 5.69 Å². The minimum Gasteiger partial charge on any atom is -0.349 e. The molecule has 2 aromatic rings. The lowest BCUT2D eigenvalue weighted by molar-refractivity contribution is 0.0928. The largest absolute Gasteiger partial charge is 0.349 e. The SMILES string of the molecule is Cc1cc(C)n(-c2ccc(C(=O)NC3CCCC3CN)cc2F)n1. The molecule has 0 aliphatic heterocycles. The van der Waals surface area contributed by atoms with Gasteiger partial charge < -0.3 is 11.1 Å². The number of nitrogens with two attached hydrogens (primary N) is 1. The molecule has 3 rings (SSSR count). The Labute approximate surface area is 141 Å². The van der Waals surface area contributed by atoms with Gasteiger partial charge in [-0.3, -0.25) is 4.79 Å². The number of rotatable bonds is 4. The van der Waals surface area contributed by atoms with Crippen molar-refractivity contribution in [3.63, 3.8) is 0 Å². The number of benzene rings is 1. The Kier molecular flexibility index (Phi) is 4.66. The zero-order valence-electron chi connectivity index (χ0n) is 14.1. The van der Waals surface area contributed by atoms with Crippen LogP contribution in [0.2, 0.25) is 0 Å². The first kappa shape index (κ1) is 16.6. The summed E-state index contributed by atoms with van der Waals surface area (Å²) in [4.78, 5) is 12.4. The van der Waals surface area contributed by atoms with Crippen LogP contribution < -0.4 is 11.1 Å². The molecule has 1 saturated carbocycles. The van der Waals surface area contributed by atoms with Crippen LogP contribution in [0.4, 0.5) is 4.39 Å². The van der Waals surface area contributed by atoms with Gasteiger partial charge in [0.05, 0.1) is 5.69 Å². The van der Waals surface area contributed by atoms with E-state index in [1.165, 1.54) is 6.07 Å². The number of nitrogens with one attached hydrogen (secondary N) is 1. The molecular formula is C18H23FN4O. The molecule has 0 spiro atoms. The Morgan fingerprint density at radius 3 is 2.79 bits per heavy atom. The first-order chi connectivity index (χ1) is 11.5. The molecule has 1 aromatic carbocycles. The van der Waals surface area contributed by atoms with Gasteiger partial charge in [-0.05, 0) is 63.4 Å². The van der Waals surface area contributed by atoms with E-state index in [1.807, 2.05) is 19.9 Å². The van der Waals surface area contributed by atoms with Gasteiger partial charge in [-0.15, -0.1) is 0 Å². The summed E-state index contributed by atoms with van der Waals surface area (Å²) in [6.45, 7) is 4.29. The fraction of sp³-hybridized carbons (Fsp3) is 0.444. The number of aromatic nitrogens is 2. The number of carbonyl (C=O) groups excluding carboxylic acids is 1. The molecule has 0 bridgehead atoms. The number of carbonyl (C=O) groups is 1. The van der Waals surface area contributed by atoms with E-state index >= 15 is 0 Å². The molecule has 128 valence electrons. The highest BCUT2D eigenvalue weighted by Gasteiger charge is 2.27. The van der Waals surface area contributed by atoms with Crippen molar-refractivity contribution in [3.8, 4) is 5.69 Å². The smallest absolute Gasteiger partial charge is 0.251 e. The molecule has 1 fully saturated rings. The summed E-state index contributed by atoms with van der Waals surface area (Å²) < 4.78 is 16.0. The van der Waals surface area contributed by atoms with E-state index in [-0.39, 0.29) is 11.9 Å². The highest BCUT2D eigenvalue weighted by atomic mass is 19.1. The van der Waals surface area contributed by atoms with Crippen molar-refractivity contribution in [1.29, 1.82) is 0 Å². The molecule has 1 amide bonds. The molecule has 5 nitrogen and oxygen atoms in total. The second-order valence-corrected chi connectivity index (χ2v) is 6.51. The van der Waals surface area contributed by atoms with Gasteiger partial charge in [0.1, 0.15) is 11.5 Å². The zero-order chi connectivity index (χ0) is 17.3. The van der Waals surface area contributed by atoms with Gasteiger partial charge in [-0.25, -0.2) is 9.07 Å². The van der Waals surface area contributed by atoms with E-state index in [2.05, 4.69) is 10.4 Å². The Morgan fingerprint density at radius 1 is 1.38 bits per heavy atom. The molecule has 1 heterocycles. The summed E-state index contributed by atoms with van der Waals surface area (Å²) in [6.07, 6.45) is 3.03. The first-order valence-electron chi connectivity index (χ1n) is 8.33. The van der Waals surface area contributed by atoms with E-state index in [1.54, 1.807) is 16.8 Å². The predicted molar refractivity (Wildman–Crippen MR) is 90.6 cm³/mol. The van der Waals surface area contributed by atoms with Crippen molar-refractivity contribution in [2.24, 2.45) is 11.7 Å². The van der Waals surface area contributed by atoms with Crippen LogP contribution >= 0.6 is 0 Å². The van der Waals surface area contributed by atoms with Gasteiger partial charge in [0.15, 0.2) is 0 Å². The van der Waals surface area contributed by atoms with E-state index in [0.29, 0.717) is 23.7 Å². The molecule has 3 N–H and O–H groups in total. The molecule has 1 aromatic heterocycles. The second kappa shape index (κ2) is 6.73. The summed E-state index contributed by atoms with van der Waals surface area (Å²) in [5, 5.41) is 7.27. The van der Waals surface area contributed by atoms with Crippen molar-refractivity contribution in [3.05, 3.63) is 47.0 Å². The van der Waals surface area contributed by atoms with E-state index in [0.717, 1.165) is 30.7 Å². The second-order valence-electron chi connectivity index (χ2n) is 6.51. The van der Waals surface area contributed by atoms with Crippen molar-refractivity contribution in [2.45, 2.75) is 39.2 Å². The third kappa shape index (κ3) is 3.19. The van der Waals surface area contributed by atoms with Crippen molar-refractivity contribution in [1.82, 2.24) is 15.1 Å². The predicted octanol–water partition coefficient (Wildman–Crippen LogP) is 2.49. The van der Waals surface area contributed by atoms with Gasteiger partial charge in [0, 0.05) is 17.3 Å². The van der Waals surface area contributed by atoms with Crippen LogP contribution in [0.3, 0.4) is 0 Å². The molecule has 6 heteroatoms. The third-order valence-corrected chi connectivity index (χ3v) is 4.73. The van der Waals surface area contributed by atoms with Crippen LogP contribution in [0.15, 0.2) is 24.3 Å². The van der Waals surface area contributed by atoms with Crippen molar-refractivity contribution >= 4 is 5.91 Å². The number of hydrogen-bond donors (Lipinski definition) is 2. The van der Waals surface area contributed by atoms with Gasteiger partial charge in [0.2, 0.25) is 0 Å². The fourth-order valence-electron chi connectivity index (χ4n) is 3.45. The molecule has 1 aliphatic carbocycles. The average Bonchev–Trinajstić information content (AvgIpc) is 3.12. The van der Waals surface area contributed by atoms with Crippen LogP contribution in [0, 0.1) is 25.6 Å². The highest BCUT2D eigenvalue weighted by molar-refractivity contribution is 5.94. The molecule has 24 heavy (non-hydrogen) atoms. The fourth-order valence-corrected chi connectivity index (χ4v) is 3.45. The van der Waals surface area contributed by atoms with Crippen LogP contribution in [-0.4, -0.2) is 28.3 Å². The van der Waals surface area contributed by atoms with Gasteiger partial charge in [0.25, 0.3) is 5.91 Å². The van der Waals surface area contributed by atoms with Gasteiger partial charge in [-0.1, -0.05) is 6.42 Å². The Hall–Kier alpha value is -2.21. The average molecular weight is 330 g/mol.